The van der Waals surface area contributed by atoms with Gasteiger partial charge in [-0.05, 0) is 38.5 Å². The Morgan fingerprint density at radius 1 is 1.31 bits per heavy atom. The minimum absolute atomic E-state index is 0.157. The second-order valence-corrected chi connectivity index (χ2v) is 4.98. The van der Waals surface area contributed by atoms with Crippen LogP contribution in [0.1, 0.15) is 46.5 Å². The van der Waals surface area contributed by atoms with E-state index < -0.39 is 5.60 Å². The van der Waals surface area contributed by atoms with Crippen molar-refractivity contribution in [3.63, 3.8) is 0 Å². The van der Waals surface area contributed by atoms with Gasteiger partial charge in [-0.25, -0.2) is 0 Å². The third kappa shape index (κ3) is 3.11. The molecule has 1 aliphatic rings. The van der Waals surface area contributed by atoms with Gasteiger partial charge in [0.2, 0.25) is 0 Å². The number of carbonyl (C=O) groups excluding carboxylic acids is 1. The van der Waals surface area contributed by atoms with Crippen LogP contribution in [0.25, 0.3) is 0 Å². The van der Waals surface area contributed by atoms with Gasteiger partial charge in [0.15, 0.2) is 0 Å². The predicted octanol–water partition coefficient (Wildman–Crippen LogP) is 2.15. The van der Waals surface area contributed by atoms with Crippen LogP contribution < -0.4 is 0 Å². The zero-order chi connectivity index (χ0) is 10.1. The maximum atomic E-state index is 11.4. The lowest BCUT2D eigenvalue weighted by atomic mass is 9.84. The van der Waals surface area contributed by atoms with Gasteiger partial charge in [-0.15, -0.1) is 0 Å². The van der Waals surface area contributed by atoms with Gasteiger partial charge in [-0.3, -0.25) is 4.79 Å². The molecule has 0 aromatic rings. The number of hydrogen-bond acceptors (Lipinski definition) is 2. The van der Waals surface area contributed by atoms with E-state index in [1.165, 1.54) is 0 Å². The average Bonchev–Trinajstić information content (AvgIpc) is 2.09. The van der Waals surface area contributed by atoms with E-state index in [1.54, 1.807) is 13.8 Å². The normalized spacial score (nSPS) is 31.5. The summed E-state index contributed by atoms with van der Waals surface area (Å²) >= 11 is 0. The Bertz CT molecular complexity index is 191. The van der Waals surface area contributed by atoms with E-state index in [2.05, 4.69) is 6.92 Å². The van der Waals surface area contributed by atoms with Crippen LogP contribution in [-0.2, 0) is 4.79 Å². The van der Waals surface area contributed by atoms with Gasteiger partial charge in [0.05, 0.1) is 5.60 Å². The van der Waals surface area contributed by atoms with Crippen molar-refractivity contribution in [1.29, 1.82) is 0 Å². The Morgan fingerprint density at radius 3 is 2.46 bits per heavy atom. The van der Waals surface area contributed by atoms with Gasteiger partial charge in [0, 0.05) is 12.8 Å². The number of aliphatic hydroxyl groups is 1. The zero-order valence-electron chi connectivity index (χ0n) is 8.84. The van der Waals surface area contributed by atoms with Gasteiger partial charge in [-0.1, -0.05) is 6.92 Å². The molecule has 1 rings (SSSR count). The van der Waals surface area contributed by atoms with Crippen LogP contribution in [0.3, 0.4) is 0 Å². The molecule has 0 aromatic carbocycles. The molecule has 1 aliphatic carbocycles. The van der Waals surface area contributed by atoms with E-state index in [4.69, 9.17) is 0 Å². The van der Waals surface area contributed by atoms with Gasteiger partial charge >= 0.3 is 0 Å². The number of Topliss-reactive ketones (excluding diaryl/α,β-unsaturated/α-hetero) is 1. The molecule has 0 amide bonds. The van der Waals surface area contributed by atoms with Crippen molar-refractivity contribution in [1.82, 2.24) is 0 Å². The highest BCUT2D eigenvalue weighted by Crippen LogP contribution is 2.31. The first-order valence-electron chi connectivity index (χ1n) is 5.13. The van der Waals surface area contributed by atoms with Gasteiger partial charge < -0.3 is 5.11 Å². The van der Waals surface area contributed by atoms with Crippen molar-refractivity contribution in [3.05, 3.63) is 0 Å². The lowest BCUT2D eigenvalue weighted by Crippen LogP contribution is -2.31. The van der Waals surface area contributed by atoms with E-state index >= 15 is 0 Å². The van der Waals surface area contributed by atoms with E-state index in [-0.39, 0.29) is 5.92 Å². The third-order valence-corrected chi connectivity index (χ3v) is 3.06. The van der Waals surface area contributed by atoms with Crippen molar-refractivity contribution in [2.45, 2.75) is 52.1 Å². The van der Waals surface area contributed by atoms with Crippen LogP contribution in [-0.4, -0.2) is 16.5 Å². The molecule has 2 heteroatoms. The van der Waals surface area contributed by atoms with Crippen LogP contribution in [0.2, 0.25) is 0 Å². The number of ketones is 1. The monoisotopic (exact) mass is 184 g/mol. The Hall–Kier alpha value is -0.370. The summed E-state index contributed by atoms with van der Waals surface area (Å²) < 4.78 is 0. The second kappa shape index (κ2) is 3.79. The Labute approximate surface area is 80.3 Å². The molecular formula is C11H20O2. The second-order valence-electron chi connectivity index (χ2n) is 4.98. The van der Waals surface area contributed by atoms with Crippen LogP contribution in [0.15, 0.2) is 0 Å². The highest BCUT2D eigenvalue weighted by atomic mass is 16.3. The Balaban J connectivity index is 2.63. The van der Waals surface area contributed by atoms with E-state index in [1.807, 2.05) is 0 Å². The molecule has 0 spiro atoms. The summed E-state index contributed by atoms with van der Waals surface area (Å²) in [7, 11) is 0. The quantitative estimate of drug-likeness (QED) is 0.634. The van der Waals surface area contributed by atoms with Crippen molar-refractivity contribution in [3.8, 4) is 0 Å². The third-order valence-electron chi connectivity index (χ3n) is 3.06. The summed E-state index contributed by atoms with van der Waals surface area (Å²) in [6, 6.07) is 0. The Morgan fingerprint density at radius 2 is 1.92 bits per heavy atom. The zero-order valence-corrected chi connectivity index (χ0v) is 8.84. The molecule has 0 saturated heterocycles. The first-order chi connectivity index (χ1) is 5.89. The maximum Gasteiger partial charge on any atom is 0.133 e. The molecule has 0 heterocycles. The van der Waals surface area contributed by atoms with Gasteiger partial charge in [-0.2, -0.15) is 0 Å². The maximum absolute atomic E-state index is 11.4. The largest absolute Gasteiger partial charge is 0.390 e. The van der Waals surface area contributed by atoms with Crippen molar-refractivity contribution in [2.24, 2.45) is 11.8 Å². The molecule has 0 radical (unpaired) electrons. The molecule has 1 fully saturated rings. The summed E-state index contributed by atoms with van der Waals surface area (Å²) in [5, 5.41) is 9.82. The fraction of sp³-hybridized carbons (Fsp3) is 0.909. The highest BCUT2D eigenvalue weighted by molar-refractivity contribution is 5.79. The molecule has 1 N–H and O–H groups in total. The summed E-state index contributed by atoms with van der Waals surface area (Å²) in [6.07, 6.45) is 3.32. The average molecular weight is 184 g/mol. The van der Waals surface area contributed by atoms with Crippen molar-refractivity contribution >= 4 is 5.78 Å². The lowest BCUT2D eigenvalue weighted by molar-refractivity contribution is -0.122. The molecule has 76 valence electrons. The number of carbonyl (C=O) groups is 1. The molecule has 0 aromatic heterocycles. The van der Waals surface area contributed by atoms with Gasteiger partial charge in [0.1, 0.15) is 5.78 Å². The molecule has 2 nitrogen and oxygen atoms in total. The fourth-order valence-electron chi connectivity index (χ4n) is 2.04. The predicted molar refractivity (Wildman–Crippen MR) is 52.4 cm³/mol. The first kappa shape index (κ1) is 10.7. The SMILES string of the molecule is C[C@@H]1CC[C@@H](C(C)(C)O)CC(=O)C1. The van der Waals surface area contributed by atoms with Crippen LogP contribution >= 0.6 is 0 Å². The minimum atomic E-state index is -0.695. The summed E-state index contributed by atoms with van der Waals surface area (Å²) in [4.78, 5) is 11.4. The van der Waals surface area contributed by atoms with Crippen LogP contribution in [0.5, 0.6) is 0 Å². The molecular weight excluding hydrogens is 164 g/mol. The van der Waals surface area contributed by atoms with Crippen LogP contribution in [0.4, 0.5) is 0 Å². The summed E-state index contributed by atoms with van der Waals surface area (Å²) in [5.41, 5.74) is -0.695. The minimum Gasteiger partial charge on any atom is -0.390 e. The molecule has 0 aliphatic heterocycles. The molecule has 1 saturated carbocycles. The summed E-state index contributed by atoms with van der Waals surface area (Å²) in [6.45, 7) is 5.73. The molecule has 2 atom stereocenters. The standard InChI is InChI=1S/C11H20O2/c1-8-4-5-9(11(2,3)13)7-10(12)6-8/h8-9,13H,4-7H2,1-3H3/t8-,9-/m1/s1. The van der Waals surface area contributed by atoms with E-state index in [0.717, 1.165) is 12.8 Å². The Kier molecular flexibility index (Phi) is 3.12. The molecule has 13 heavy (non-hydrogen) atoms. The topological polar surface area (TPSA) is 37.3 Å². The lowest BCUT2D eigenvalue weighted by Gasteiger charge is -2.27. The number of rotatable bonds is 1. The van der Waals surface area contributed by atoms with Crippen LogP contribution in [0, 0.1) is 11.8 Å². The number of hydrogen-bond donors (Lipinski definition) is 1. The molecule has 0 unspecified atom stereocenters. The summed E-state index contributed by atoms with van der Waals surface area (Å²) in [5.74, 6) is 0.974. The molecule has 0 bridgehead atoms. The highest BCUT2D eigenvalue weighted by Gasteiger charge is 2.31. The first-order valence-corrected chi connectivity index (χ1v) is 5.13. The van der Waals surface area contributed by atoms with Crippen molar-refractivity contribution in [2.75, 3.05) is 0 Å². The van der Waals surface area contributed by atoms with E-state index in [0.29, 0.717) is 24.5 Å². The smallest absolute Gasteiger partial charge is 0.133 e. The van der Waals surface area contributed by atoms with Crippen molar-refractivity contribution < 1.29 is 9.90 Å². The van der Waals surface area contributed by atoms with E-state index in [9.17, 15) is 9.90 Å². The fourth-order valence-corrected chi connectivity index (χ4v) is 2.04. The van der Waals surface area contributed by atoms with Gasteiger partial charge in [0.25, 0.3) is 0 Å².